The van der Waals surface area contributed by atoms with Gasteiger partial charge >= 0.3 is 0 Å². The summed E-state index contributed by atoms with van der Waals surface area (Å²) < 4.78 is 0. The van der Waals surface area contributed by atoms with Crippen LogP contribution in [-0.2, 0) is 0 Å². The highest BCUT2D eigenvalue weighted by Crippen LogP contribution is 2.17. The molecule has 0 aliphatic rings. The maximum atomic E-state index is 9.36. The molecule has 0 saturated carbocycles. The average Bonchev–Trinajstić information content (AvgIpc) is 2.40. The van der Waals surface area contributed by atoms with Crippen LogP contribution in [0.2, 0.25) is 0 Å². The fourth-order valence-corrected chi connectivity index (χ4v) is 2.59. The van der Waals surface area contributed by atoms with Crippen LogP contribution in [0, 0.1) is 0 Å². The van der Waals surface area contributed by atoms with Gasteiger partial charge in [0.1, 0.15) is 0 Å². The largest absolute Gasteiger partial charge is 0.394 e. The number of hydrogen-bond donors (Lipinski definition) is 2. The third-order valence-corrected chi connectivity index (χ3v) is 3.81. The predicted octanol–water partition coefficient (Wildman–Crippen LogP) is 2.10. The average molecular weight is 269 g/mol. The van der Waals surface area contributed by atoms with E-state index in [1.165, 1.54) is 0 Å². The molecule has 1 atom stereocenters. The van der Waals surface area contributed by atoms with Crippen LogP contribution in [-0.4, -0.2) is 39.5 Å². The van der Waals surface area contributed by atoms with E-state index in [-0.39, 0.29) is 12.1 Å². The van der Waals surface area contributed by atoms with E-state index >= 15 is 0 Å². The summed E-state index contributed by atoms with van der Waals surface area (Å²) in [6.45, 7) is 5.22. The van der Waals surface area contributed by atoms with Gasteiger partial charge in [0, 0.05) is 23.7 Å². The Bertz CT molecular complexity index is 323. The van der Waals surface area contributed by atoms with Crippen LogP contribution in [0.15, 0.2) is 23.6 Å². The maximum Gasteiger partial charge on any atom is 0.187 e. The normalized spacial score (nSPS) is 14.4. The molecule has 0 fully saturated rings. The molecule has 1 aromatic rings. The second-order valence-electron chi connectivity index (χ2n) is 4.59. The first kappa shape index (κ1) is 15.4. The summed E-state index contributed by atoms with van der Waals surface area (Å²) in [4.78, 5) is 8.34. The molecule has 1 unspecified atom stereocenters. The van der Waals surface area contributed by atoms with Gasteiger partial charge in [0.15, 0.2) is 5.16 Å². The van der Waals surface area contributed by atoms with Crippen molar-refractivity contribution in [3.63, 3.8) is 0 Å². The predicted molar refractivity (Wildman–Crippen MR) is 75.8 cm³/mol. The van der Waals surface area contributed by atoms with Crippen molar-refractivity contribution in [1.82, 2.24) is 15.3 Å². The Morgan fingerprint density at radius 2 is 2.06 bits per heavy atom. The Hall–Kier alpha value is -0.650. The molecular formula is C13H23N3OS. The smallest absolute Gasteiger partial charge is 0.187 e. The molecule has 4 nitrogen and oxygen atoms in total. The van der Waals surface area contributed by atoms with Gasteiger partial charge in [-0.25, -0.2) is 9.97 Å². The number of aliphatic hydroxyl groups is 1. The van der Waals surface area contributed by atoms with Crippen molar-refractivity contribution in [3.05, 3.63) is 18.5 Å². The molecule has 102 valence electrons. The Balaban J connectivity index is 2.15. The first-order chi connectivity index (χ1) is 8.70. The number of aliphatic hydroxyl groups excluding tert-OH is 1. The van der Waals surface area contributed by atoms with E-state index < -0.39 is 0 Å². The molecule has 0 saturated heterocycles. The van der Waals surface area contributed by atoms with E-state index in [1.807, 2.05) is 6.07 Å². The molecule has 5 heteroatoms. The maximum absolute atomic E-state index is 9.36. The van der Waals surface area contributed by atoms with Crippen molar-refractivity contribution in [2.24, 2.45) is 0 Å². The van der Waals surface area contributed by atoms with E-state index in [1.54, 1.807) is 24.2 Å². The third kappa shape index (κ3) is 5.80. The molecule has 1 heterocycles. The number of aromatic nitrogens is 2. The lowest BCUT2D eigenvalue weighted by molar-refractivity contribution is 0.165. The quantitative estimate of drug-likeness (QED) is 0.408. The zero-order valence-electron chi connectivity index (χ0n) is 11.2. The van der Waals surface area contributed by atoms with E-state index in [4.69, 9.17) is 0 Å². The molecule has 0 aliphatic carbocycles. The van der Waals surface area contributed by atoms with Crippen molar-refractivity contribution in [1.29, 1.82) is 0 Å². The van der Waals surface area contributed by atoms with Crippen molar-refractivity contribution >= 4 is 11.8 Å². The summed E-state index contributed by atoms with van der Waals surface area (Å²) >= 11 is 1.69. The summed E-state index contributed by atoms with van der Waals surface area (Å²) in [5, 5.41) is 13.5. The van der Waals surface area contributed by atoms with Gasteiger partial charge in [-0.1, -0.05) is 25.1 Å². The SMILES string of the molecule is CCNC(C)(CO)CCCCSc1ncccn1. The minimum atomic E-state index is -0.136. The molecule has 18 heavy (non-hydrogen) atoms. The highest BCUT2D eigenvalue weighted by Gasteiger charge is 2.20. The fraction of sp³-hybridized carbons (Fsp3) is 0.692. The van der Waals surface area contributed by atoms with Crippen LogP contribution in [0.4, 0.5) is 0 Å². The standard InChI is InChI=1S/C13H23N3OS/c1-3-16-13(2,11-17)7-4-5-10-18-12-14-8-6-9-15-12/h6,8-9,16-17H,3-5,7,10-11H2,1-2H3. The summed E-state index contributed by atoms with van der Waals surface area (Å²) in [6, 6.07) is 1.83. The van der Waals surface area contributed by atoms with Gasteiger partial charge in [-0.15, -0.1) is 0 Å². The molecule has 1 aromatic heterocycles. The number of rotatable bonds is 9. The lowest BCUT2D eigenvalue weighted by Crippen LogP contribution is -2.45. The fourth-order valence-electron chi connectivity index (χ4n) is 1.79. The first-order valence-corrected chi connectivity index (χ1v) is 7.44. The van der Waals surface area contributed by atoms with Crippen molar-refractivity contribution in [3.8, 4) is 0 Å². The van der Waals surface area contributed by atoms with Crippen LogP contribution in [0.1, 0.15) is 33.1 Å². The van der Waals surface area contributed by atoms with Crippen LogP contribution in [0.5, 0.6) is 0 Å². The zero-order valence-corrected chi connectivity index (χ0v) is 12.0. The summed E-state index contributed by atoms with van der Waals surface area (Å²) in [5.41, 5.74) is -0.136. The van der Waals surface area contributed by atoms with Crippen molar-refractivity contribution in [2.45, 2.75) is 43.8 Å². The Morgan fingerprint density at radius 1 is 1.33 bits per heavy atom. The highest BCUT2D eigenvalue weighted by molar-refractivity contribution is 7.99. The number of unbranched alkanes of at least 4 members (excludes halogenated alkanes) is 1. The number of nitrogens with zero attached hydrogens (tertiary/aromatic N) is 2. The minimum Gasteiger partial charge on any atom is -0.394 e. The number of nitrogens with one attached hydrogen (secondary N) is 1. The van der Waals surface area contributed by atoms with E-state index in [9.17, 15) is 5.11 Å². The lowest BCUT2D eigenvalue weighted by Gasteiger charge is -2.28. The van der Waals surface area contributed by atoms with Gasteiger partial charge in [0.2, 0.25) is 0 Å². The van der Waals surface area contributed by atoms with E-state index in [0.717, 1.165) is 36.7 Å². The second kappa shape index (κ2) is 8.45. The van der Waals surface area contributed by atoms with Gasteiger partial charge in [-0.2, -0.15) is 0 Å². The molecule has 0 aromatic carbocycles. The minimum absolute atomic E-state index is 0.136. The zero-order chi connectivity index (χ0) is 13.3. The highest BCUT2D eigenvalue weighted by atomic mass is 32.2. The molecule has 1 rings (SSSR count). The van der Waals surface area contributed by atoms with Gasteiger partial charge in [-0.3, -0.25) is 0 Å². The van der Waals surface area contributed by atoms with Crippen LogP contribution >= 0.6 is 11.8 Å². The molecule has 0 radical (unpaired) electrons. The Kier molecular flexibility index (Phi) is 7.23. The molecule has 2 N–H and O–H groups in total. The number of hydrogen-bond acceptors (Lipinski definition) is 5. The Morgan fingerprint density at radius 3 is 2.67 bits per heavy atom. The molecule has 0 bridgehead atoms. The first-order valence-electron chi connectivity index (χ1n) is 6.46. The molecule has 0 amide bonds. The van der Waals surface area contributed by atoms with Gasteiger partial charge < -0.3 is 10.4 Å². The van der Waals surface area contributed by atoms with Crippen molar-refractivity contribution < 1.29 is 5.11 Å². The summed E-state index contributed by atoms with van der Waals surface area (Å²) in [7, 11) is 0. The number of likely N-dealkylation sites (N-methyl/N-ethyl adjacent to an activating group) is 1. The van der Waals surface area contributed by atoms with Crippen molar-refractivity contribution in [2.75, 3.05) is 18.9 Å². The number of thioether (sulfide) groups is 1. The molecule has 0 spiro atoms. The molecule has 0 aliphatic heterocycles. The second-order valence-corrected chi connectivity index (χ2v) is 5.65. The monoisotopic (exact) mass is 269 g/mol. The van der Waals surface area contributed by atoms with Gasteiger partial charge in [0.05, 0.1) is 6.61 Å². The topological polar surface area (TPSA) is 58.0 Å². The summed E-state index contributed by atoms with van der Waals surface area (Å²) in [6.07, 6.45) is 6.74. The van der Waals surface area contributed by atoms with Gasteiger partial charge in [0.25, 0.3) is 0 Å². The van der Waals surface area contributed by atoms with E-state index in [2.05, 4.69) is 29.1 Å². The van der Waals surface area contributed by atoms with Gasteiger partial charge in [-0.05, 0) is 32.4 Å². The Labute approximate surface area is 114 Å². The van der Waals surface area contributed by atoms with Crippen LogP contribution < -0.4 is 5.32 Å². The van der Waals surface area contributed by atoms with Crippen LogP contribution in [0.3, 0.4) is 0 Å². The lowest BCUT2D eigenvalue weighted by atomic mass is 9.96. The van der Waals surface area contributed by atoms with E-state index in [0.29, 0.717) is 0 Å². The molecular weight excluding hydrogens is 246 g/mol. The third-order valence-electron chi connectivity index (χ3n) is 2.85. The summed E-state index contributed by atoms with van der Waals surface area (Å²) in [5.74, 6) is 1.03. The van der Waals surface area contributed by atoms with Crippen LogP contribution in [0.25, 0.3) is 0 Å².